The second-order valence-corrected chi connectivity index (χ2v) is 7.77. The number of guanidine groups is 1. The predicted molar refractivity (Wildman–Crippen MR) is 128 cm³/mol. The highest BCUT2D eigenvalue weighted by atomic mass is 16.5. The number of benzene rings is 2. The summed E-state index contributed by atoms with van der Waals surface area (Å²) in [6.45, 7) is 0.448. The molecule has 0 aliphatic rings. The Morgan fingerprint density at radius 2 is 1.79 bits per heavy atom. The van der Waals surface area contributed by atoms with E-state index in [4.69, 9.17) is 21.9 Å². The molecule has 1 aromatic heterocycles. The van der Waals surface area contributed by atoms with Gasteiger partial charge in [-0.15, -0.1) is 0 Å². The number of aromatic amines is 1. The summed E-state index contributed by atoms with van der Waals surface area (Å²) in [7, 11) is 0. The third-order valence-corrected chi connectivity index (χ3v) is 5.22. The van der Waals surface area contributed by atoms with Crippen LogP contribution in [0.15, 0.2) is 65.8 Å². The molecule has 9 nitrogen and oxygen atoms in total. The summed E-state index contributed by atoms with van der Waals surface area (Å²) in [5.74, 6) is -0.983. The van der Waals surface area contributed by atoms with Crippen molar-refractivity contribution in [3.05, 3.63) is 71.9 Å². The van der Waals surface area contributed by atoms with Crippen LogP contribution in [0.25, 0.3) is 10.9 Å². The number of para-hydroxylation sites is 1. The maximum absolute atomic E-state index is 12.8. The van der Waals surface area contributed by atoms with E-state index < -0.39 is 24.0 Å². The second kappa shape index (κ2) is 11.7. The molecule has 0 aliphatic heterocycles. The van der Waals surface area contributed by atoms with Crippen molar-refractivity contribution in [2.24, 2.45) is 22.2 Å². The van der Waals surface area contributed by atoms with Crippen molar-refractivity contribution in [2.75, 3.05) is 6.54 Å². The molecule has 9 heteroatoms. The number of nitrogens with two attached hydrogens (primary N) is 3. The lowest BCUT2D eigenvalue weighted by Crippen LogP contribution is -2.49. The Kier molecular flexibility index (Phi) is 8.43. The van der Waals surface area contributed by atoms with Gasteiger partial charge < -0.3 is 32.2 Å². The summed E-state index contributed by atoms with van der Waals surface area (Å²) in [6, 6.07) is 15.4. The van der Waals surface area contributed by atoms with Gasteiger partial charge in [0.2, 0.25) is 5.91 Å². The number of nitrogens with one attached hydrogen (secondary N) is 2. The number of amides is 1. The van der Waals surface area contributed by atoms with E-state index in [9.17, 15) is 9.59 Å². The molecule has 0 radical (unpaired) electrons. The smallest absolute Gasteiger partial charge is 0.328 e. The van der Waals surface area contributed by atoms with Crippen LogP contribution in [0.1, 0.15) is 24.0 Å². The molecule has 0 fully saturated rings. The number of fused-ring (bicyclic) bond motifs is 1. The number of nitrogens with zero attached hydrogens (tertiary/aromatic N) is 1. The Morgan fingerprint density at radius 3 is 2.55 bits per heavy atom. The summed E-state index contributed by atoms with van der Waals surface area (Å²) < 4.78 is 5.43. The summed E-state index contributed by atoms with van der Waals surface area (Å²) >= 11 is 0. The fraction of sp³-hybridized carbons (Fsp3) is 0.292. The first kappa shape index (κ1) is 23.8. The lowest BCUT2D eigenvalue weighted by molar-refractivity contribution is -0.149. The highest BCUT2D eigenvalue weighted by Crippen LogP contribution is 2.19. The fourth-order valence-electron chi connectivity index (χ4n) is 3.49. The molecule has 2 aromatic carbocycles. The average Bonchev–Trinajstić information content (AvgIpc) is 3.22. The molecule has 2 atom stereocenters. The van der Waals surface area contributed by atoms with Gasteiger partial charge in [0.05, 0.1) is 6.04 Å². The number of carbonyl (C=O) groups is 2. The average molecular weight is 451 g/mol. The van der Waals surface area contributed by atoms with Gasteiger partial charge in [-0.1, -0.05) is 48.5 Å². The molecule has 8 N–H and O–H groups in total. The van der Waals surface area contributed by atoms with Crippen LogP contribution in [-0.2, 0) is 27.4 Å². The van der Waals surface area contributed by atoms with Crippen LogP contribution in [0, 0.1) is 0 Å². The number of hydrogen-bond donors (Lipinski definition) is 5. The summed E-state index contributed by atoms with van der Waals surface area (Å²) in [6.07, 6.45) is 2.98. The number of carbonyl (C=O) groups excluding carboxylic acids is 2. The number of ether oxygens (including phenoxy) is 1. The number of H-pyrrole nitrogens is 1. The van der Waals surface area contributed by atoms with Crippen LogP contribution in [0.3, 0.4) is 0 Å². The first-order chi connectivity index (χ1) is 15.9. The molecule has 0 saturated carbocycles. The molecule has 3 rings (SSSR count). The van der Waals surface area contributed by atoms with E-state index in [1.54, 1.807) is 0 Å². The lowest BCUT2D eigenvalue weighted by Gasteiger charge is -2.20. The molecule has 0 bridgehead atoms. The maximum atomic E-state index is 12.8. The molecular formula is C24H30N6O3. The first-order valence-electron chi connectivity index (χ1n) is 10.8. The molecule has 3 aromatic rings. The van der Waals surface area contributed by atoms with Gasteiger partial charge in [-0.3, -0.25) is 9.79 Å². The van der Waals surface area contributed by atoms with E-state index in [2.05, 4.69) is 15.3 Å². The summed E-state index contributed by atoms with van der Waals surface area (Å²) in [4.78, 5) is 32.6. The lowest BCUT2D eigenvalue weighted by atomic mass is 10.0. The molecule has 0 aliphatic carbocycles. The van der Waals surface area contributed by atoms with Gasteiger partial charge in [-0.2, -0.15) is 0 Å². The molecule has 1 amide bonds. The molecule has 0 unspecified atom stereocenters. The van der Waals surface area contributed by atoms with E-state index in [-0.39, 0.29) is 12.6 Å². The van der Waals surface area contributed by atoms with E-state index >= 15 is 0 Å². The number of aromatic nitrogens is 1. The minimum atomic E-state index is -0.857. The Bertz CT molecular complexity index is 1090. The zero-order valence-electron chi connectivity index (χ0n) is 18.4. The molecule has 174 valence electrons. The highest BCUT2D eigenvalue weighted by Gasteiger charge is 2.25. The van der Waals surface area contributed by atoms with E-state index in [0.29, 0.717) is 25.8 Å². The largest absolute Gasteiger partial charge is 0.459 e. The number of rotatable bonds is 11. The van der Waals surface area contributed by atoms with Crippen molar-refractivity contribution < 1.29 is 14.3 Å². The highest BCUT2D eigenvalue weighted by molar-refractivity contribution is 5.89. The number of aliphatic imine (C=N–C) groups is 1. The first-order valence-corrected chi connectivity index (χ1v) is 10.8. The van der Waals surface area contributed by atoms with Crippen LogP contribution in [0.2, 0.25) is 0 Å². The molecule has 0 saturated heterocycles. The van der Waals surface area contributed by atoms with Gasteiger partial charge in [0.25, 0.3) is 0 Å². The zero-order chi connectivity index (χ0) is 23.6. The zero-order valence-corrected chi connectivity index (χ0v) is 18.4. The third-order valence-electron chi connectivity index (χ3n) is 5.22. The maximum Gasteiger partial charge on any atom is 0.328 e. The summed E-state index contributed by atoms with van der Waals surface area (Å²) in [5.41, 5.74) is 19.6. The quantitative estimate of drug-likeness (QED) is 0.128. The van der Waals surface area contributed by atoms with E-state index in [1.165, 1.54) is 0 Å². The van der Waals surface area contributed by atoms with Gasteiger partial charge in [-0.25, -0.2) is 4.79 Å². The van der Waals surface area contributed by atoms with Crippen molar-refractivity contribution >= 4 is 28.7 Å². The van der Waals surface area contributed by atoms with E-state index in [0.717, 1.165) is 22.0 Å². The molecule has 33 heavy (non-hydrogen) atoms. The fourth-order valence-corrected chi connectivity index (χ4v) is 3.49. The minimum absolute atomic E-state index is 0.0250. The van der Waals surface area contributed by atoms with Gasteiger partial charge in [0.1, 0.15) is 12.6 Å². The Labute approximate surface area is 192 Å². The molecular weight excluding hydrogens is 420 g/mol. The normalized spacial score (nSPS) is 12.6. The van der Waals surface area contributed by atoms with Crippen LogP contribution >= 0.6 is 0 Å². The Balaban J connectivity index is 1.61. The SMILES string of the molecule is NC(N)=NCCC[C@H](NC(=O)[C@@H](N)Cc1c[nH]c2ccccc12)C(=O)OCc1ccccc1. The van der Waals surface area contributed by atoms with Crippen molar-refractivity contribution in [2.45, 2.75) is 38.0 Å². The topological polar surface area (TPSA) is 162 Å². The van der Waals surface area contributed by atoms with Gasteiger partial charge in [0, 0.05) is 23.6 Å². The minimum Gasteiger partial charge on any atom is -0.459 e. The monoisotopic (exact) mass is 450 g/mol. The Morgan fingerprint density at radius 1 is 1.06 bits per heavy atom. The standard InChI is InChI=1S/C24H30N6O3/c25-19(13-17-14-29-20-10-5-4-9-18(17)20)22(31)30-21(11-6-12-28-24(26)27)23(32)33-15-16-7-2-1-3-8-16/h1-5,7-10,14,19,21,29H,6,11-13,15,25H2,(H,30,31)(H4,26,27,28)/t19-,21-/m0/s1. The van der Waals surface area contributed by atoms with Crippen molar-refractivity contribution in [1.82, 2.24) is 10.3 Å². The van der Waals surface area contributed by atoms with Crippen LogP contribution in [-0.4, -0.2) is 41.4 Å². The second-order valence-electron chi connectivity index (χ2n) is 7.77. The third kappa shape index (κ3) is 7.08. The number of hydrogen-bond acceptors (Lipinski definition) is 5. The van der Waals surface area contributed by atoms with Crippen molar-refractivity contribution in [3.8, 4) is 0 Å². The molecule has 0 spiro atoms. The van der Waals surface area contributed by atoms with Crippen LogP contribution < -0.4 is 22.5 Å². The van der Waals surface area contributed by atoms with Gasteiger partial charge in [0.15, 0.2) is 5.96 Å². The van der Waals surface area contributed by atoms with Crippen molar-refractivity contribution in [1.29, 1.82) is 0 Å². The Hall–Kier alpha value is -3.85. The predicted octanol–water partition coefficient (Wildman–Crippen LogP) is 1.32. The summed E-state index contributed by atoms with van der Waals surface area (Å²) in [5, 5.41) is 3.75. The number of esters is 1. The van der Waals surface area contributed by atoms with Crippen molar-refractivity contribution in [3.63, 3.8) is 0 Å². The van der Waals surface area contributed by atoms with Gasteiger partial charge >= 0.3 is 5.97 Å². The van der Waals surface area contributed by atoms with Gasteiger partial charge in [-0.05, 0) is 36.5 Å². The van der Waals surface area contributed by atoms with E-state index in [1.807, 2.05) is 60.8 Å². The molecule has 1 heterocycles. The van der Waals surface area contributed by atoms with Crippen LogP contribution in [0.5, 0.6) is 0 Å². The van der Waals surface area contributed by atoms with Crippen LogP contribution in [0.4, 0.5) is 0 Å².